The van der Waals surface area contributed by atoms with E-state index in [1.807, 2.05) is 18.2 Å². The van der Waals surface area contributed by atoms with Gasteiger partial charge in [-0.3, -0.25) is 5.10 Å². The molecule has 2 N–H and O–H groups in total. The summed E-state index contributed by atoms with van der Waals surface area (Å²) < 4.78 is 0. The predicted octanol–water partition coefficient (Wildman–Crippen LogP) is 2.02. The van der Waals surface area contributed by atoms with Crippen LogP contribution < -0.4 is 0 Å². The summed E-state index contributed by atoms with van der Waals surface area (Å²) in [6.07, 6.45) is 3.65. The van der Waals surface area contributed by atoms with E-state index in [2.05, 4.69) is 16.3 Å². The van der Waals surface area contributed by atoms with Crippen molar-refractivity contribution in [2.45, 2.75) is 31.3 Å². The molecule has 1 aliphatic rings. The molecule has 1 heterocycles. The van der Waals surface area contributed by atoms with E-state index in [0.29, 0.717) is 0 Å². The van der Waals surface area contributed by atoms with Gasteiger partial charge in [-0.25, -0.2) is 0 Å². The first-order chi connectivity index (χ1) is 7.27. The molecule has 0 spiro atoms. The molecule has 0 saturated heterocycles. The number of hydrogen-bond donors (Lipinski definition) is 2. The maximum absolute atomic E-state index is 9.77. The van der Waals surface area contributed by atoms with Gasteiger partial charge in [0, 0.05) is 11.1 Å². The van der Waals surface area contributed by atoms with Gasteiger partial charge in [-0.05, 0) is 31.7 Å². The quantitative estimate of drug-likeness (QED) is 0.800. The molecule has 0 amide bonds. The lowest BCUT2D eigenvalue weighted by Crippen LogP contribution is -2.07. The second-order valence-electron chi connectivity index (χ2n) is 4.44. The van der Waals surface area contributed by atoms with Crippen LogP contribution in [0.3, 0.4) is 0 Å². The van der Waals surface area contributed by atoms with Gasteiger partial charge in [0.15, 0.2) is 0 Å². The van der Waals surface area contributed by atoms with Gasteiger partial charge in [0.05, 0.1) is 11.1 Å². The molecule has 3 heteroatoms. The fraction of sp³-hybridized carbons (Fsp3) is 0.417. The van der Waals surface area contributed by atoms with Gasteiger partial charge in [-0.15, -0.1) is 0 Å². The summed E-state index contributed by atoms with van der Waals surface area (Å²) in [6.45, 7) is 0. The van der Waals surface area contributed by atoms with Crippen LogP contribution in [0.25, 0.3) is 10.9 Å². The highest BCUT2D eigenvalue weighted by Crippen LogP contribution is 2.39. The Labute approximate surface area is 88.1 Å². The van der Waals surface area contributed by atoms with E-state index in [0.717, 1.165) is 36.9 Å². The Morgan fingerprint density at radius 1 is 1.33 bits per heavy atom. The molecule has 0 atom stereocenters. The van der Waals surface area contributed by atoms with Crippen LogP contribution in [0.15, 0.2) is 24.3 Å². The fourth-order valence-electron chi connectivity index (χ4n) is 1.96. The van der Waals surface area contributed by atoms with Crippen molar-refractivity contribution in [2.24, 2.45) is 0 Å². The maximum atomic E-state index is 9.77. The van der Waals surface area contributed by atoms with Crippen LogP contribution in [0.1, 0.15) is 25.0 Å². The normalized spacial score (nSPS) is 18.2. The maximum Gasteiger partial charge on any atom is 0.0923 e. The summed E-state index contributed by atoms with van der Waals surface area (Å²) >= 11 is 0. The monoisotopic (exact) mass is 202 g/mol. The van der Waals surface area contributed by atoms with Gasteiger partial charge in [0.25, 0.3) is 0 Å². The van der Waals surface area contributed by atoms with E-state index in [4.69, 9.17) is 0 Å². The van der Waals surface area contributed by atoms with Gasteiger partial charge in [0.2, 0.25) is 0 Å². The minimum absolute atomic E-state index is 0.369. The molecule has 1 saturated carbocycles. The highest BCUT2D eigenvalue weighted by atomic mass is 16.3. The molecular weight excluding hydrogens is 188 g/mol. The molecule has 1 aromatic carbocycles. The largest absolute Gasteiger partial charge is 0.390 e. The number of fused-ring (bicyclic) bond motifs is 1. The van der Waals surface area contributed by atoms with Gasteiger partial charge in [-0.1, -0.05) is 18.2 Å². The number of H-pyrrole nitrogens is 1. The molecule has 3 nitrogen and oxygen atoms in total. The third kappa shape index (κ3) is 1.63. The lowest BCUT2D eigenvalue weighted by molar-refractivity contribution is 0.140. The average Bonchev–Trinajstić information content (AvgIpc) is 2.86. The lowest BCUT2D eigenvalue weighted by Gasteiger charge is -2.05. The SMILES string of the molecule is OC1(CCc2[nH]nc3ccccc23)CC1. The highest BCUT2D eigenvalue weighted by Gasteiger charge is 2.39. The Hall–Kier alpha value is -1.35. The number of aromatic amines is 1. The first-order valence-corrected chi connectivity index (χ1v) is 5.41. The minimum Gasteiger partial charge on any atom is -0.390 e. The Morgan fingerprint density at radius 2 is 2.13 bits per heavy atom. The Kier molecular flexibility index (Phi) is 1.83. The molecule has 1 aliphatic carbocycles. The molecule has 2 aromatic rings. The number of aromatic nitrogens is 2. The van der Waals surface area contributed by atoms with Crippen LogP contribution in [-0.2, 0) is 6.42 Å². The van der Waals surface area contributed by atoms with E-state index in [-0.39, 0.29) is 5.60 Å². The number of aliphatic hydroxyl groups is 1. The predicted molar refractivity (Wildman–Crippen MR) is 58.6 cm³/mol. The third-order valence-corrected chi connectivity index (χ3v) is 3.21. The topological polar surface area (TPSA) is 48.9 Å². The van der Waals surface area contributed by atoms with Crippen molar-refractivity contribution < 1.29 is 5.11 Å². The first kappa shape index (κ1) is 8.92. The van der Waals surface area contributed by atoms with E-state index in [1.165, 1.54) is 5.39 Å². The van der Waals surface area contributed by atoms with Gasteiger partial charge in [-0.2, -0.15) is 5.10 Å². The van der Waals surface area contributed by atoms with Gasteiger partial charge >= 0.3 is 0 Å². The molecule has 0 bridgehead atoms. The Morgan fingerprint density at radius 3 is 2.93 bits per heavy atom. The Balaban J connectivity index is 1.84. The molecule has 1 fully saturated rings. The second kappa shape index (κ2) is 3.07. The standard InChI is InChI=1S/C12H14N2O/c15-12(7-8-12)6-5-11-9-3-1-2-4-10(9)13-14-11/h1-4,15H,5-8H2,(H,13,14). The second-order valence-corrected chi connectivity index (χ2v) is 4.44. The van der Waals surface area contributed by atoms with Crippen molar-refractivity contribution in [3.8, 4) is 0 Å². The van der Waals surface area contributed by atoms with Gasteiger partial charge < -0.3 is 5.11 Å². The van der Waals surface area contributed by atoms with E-state index in [1.54, 1.807) is 0 Å². The number of aryl methyl sites for hydroxylation is 1. The molecule has 0 unspecified atom stereocenters. The smallest absolute Gasteiger partial charge is 0.0923 e. The zero-order valence-electron chi connectivity index (χ0n) is 8.53. The summed E-state index contributed by atoms with van der Waals surface area (Å²) in [6, 6.07) is 8.08. The molecule has 15 heavy (non-hydrogen) atoms. The number of benzene rings is 1. The van der Waals surface area contributed by atoms with Crippen LogP contribution in [0.5, 0.6) is 0 Å². The molecule has 0 aliphatic heterocycles. The summed E-state index contributed by atoms with van der Waals surface area (Å²) in [5, 5.41) is 18.2. The Bertz CT molecular complexity index is 485. The van der Waals surface area contributed by atoms with Gasteiger partial charge in [0.1, 0.15) is 0 Å². The van der Waals surface area contributed by atoms with E-state index in [9.17, 15) is 5.11 Å². The van der Waals surface area contributed by atoms with Crippen molar-refractivity contribution in [3.05, 3.63) is 30.0 Å². The third-order valence-electron chi connectivity index (χ3n) is 3.21. The zero-order chi connectivity index (χ0) is 10.3. The van der Waals surface area contributed by atoms with Crippen molar-refractivity contribution in [3.63, 3.8) is 0 Å². The van der Waals surface area contributed by atoms with Crippen molar-refractivity contribution in [2.75, 3.05) is 0 Å². The molecule has 1 aromatic heterocycles. The first-order valence-electron chi connectivity index (χ1n) is 5.41. The highest BCUT2D eigenvalue weighted by molar-refractivity contribution is 5.81. The lowest BCUT2D eigenvalue weighted by atomic mass is 10.1. The molecule has 0 radical (unpaired) electrons. The van der Waals surface area contributed by atoms with Crippen molar-refractivity contribution >= 4 is 10.9 Å². The van der Waals surface area contributed by atoms with Crippen LogP contribution >= 0.6 is 0 Å². The van der Waals surface area contributed by atoms with Crippen LogP contribution in [0, 0.1) is 0 Å². The number of nitrogens with zero attached hydrogens (tertiary/aromatic N) is 1. The van der Waals surface area contributed by atoms with E-state index < -0.39 is 0 Å². The number of rotatable bonds is 3. The van der Waals surface area contributed by atoms with Crippen LogP contribution in [0.4, 0.5) is 0 Å². The average molecular weight is 202 g/mol. The summed E-state index contributed by atoms with van der Waals surface area (Å²) in [4.78, 5) is 0. The molecule has 78 valence electrons. The summed E-state index contributed by atoms with van der Waals surface area (Å²) in [5.41, 5.74) is 1.79. The van der Waals surface area contributed by atoms with Crippen LogP contribution in [0.2, 0.25) is 0 Å². The number of nitrogens with one attached hydrogen (secondary N) is 1. The van der Waals surface area contributed by atoms with E-state index >= 15 is 0 Å². The minimum atomic E-state index is -0.369. The molecular formula is C12H14N2O. The summed E-state index contributed by atoms with van der Waals surface area (Å²) in [7, 11) is 0. The fourth-order valence-corrected chi connectivity index (χ4v) is 1.96. The number of para-hydroxylation sites is 1. The zero-order valence-corrected chi connectivity index (χ0v) is 8.53. The number of hydrogen-bond acceptors (Lipinski definition) is 2. The molecule has 3 rings (SSSR count). The van der Waals surface area contributed by atoms with Crippen molar-refractivity contribution in [1.29, 1.82) is 0 Å². The van der Waals surface area contributed by atoms with Crippen LogP contribution in [-0.4, -0.2) is 20.9 Å². The van der Waals surface area contributed by atoms with Crippen molar-refractivity contribution in [1.82, 2.24) is 10.2 Å². The summed E-state index contributed by atoms with van der Waals surface area (Å²) in [5.74, 6) is 0.